The summed E-state index contributed by atoms with van der Waals surface area (Å²) in [5.74, 6) is -0.366. The summed E-state index contributed by atoms with van der Waals surface area (Å²) in [4.78, 5) is 22.4. The van der Waals surface area contributed by atoms with Crippen LogP contribution in [0.2, 0.25) is 0 Å². The molecule has 0 saturated heterocycles. The van der Waals surface area contributed by atoms with Crippen molar-refractivity contribution in [3.8, 4) is 0 Å². The number of urea groups is 1. The first-order valence-electron chi connectivity index (χ1n) is 4.62. The lowest BCUT2D eigenvalue weighted by molar-refractivity contribution is -0.121. The van der Waals surface area contributed by atoms with E-state index in [0.717, 1.165) is 4.48 Å². The molecule has 3 amide bonds. The Morgan fingerprint density at radius 3 is 2.53 bits per heavy atom. The molecule has 0 heterocycles. The third kappa shape index (κ3) is 7.10. The molecular formula is C9H16BrN3O2. The fourth-order valence-corrected chi connectivity index (χ4v) is 0.943. The van der Waals surface area contributed by atoms with Gasteiger partial charge in [0.2, 0.25) is 5.91 Å². The molecule has 0 fully saturated rings. The predicted octanol–water partition coefficient (Wildman–Crippen LogP) is 0.719. The SMILES string of the molecule is C=C(Br)CNC(C)C(=O)NC(=O)NCC. The maximum absolute atomic E-state index is 11.4. The molecule has 0 aromatic heterocycles. The second kappa shape index (κ2) is 7.42. The Morgan fingerprint density at radius 1 is 1.47 bits per heavy atom. The molecule has 6 heteroatoms. The van der Waals surface area contributed by atoms with Gasteiger partial charge in [0.25, 0.3) is 0 Å². The van der Waals surface area contributed by atoms with E-state index in [0.29, 0.717) is 13.1 Å². The zero-order valence-electron chi connectivity index (χ0n) is 8.89. The molecule has 0 aromatic rings. The molecule has 0 saturated carbocycles. The Kier molecular flexibility index (Phi) is 6.98. The van der Waals surface area contributed by atoms with Crippen LogP contribution in [-0.4, -0.2) is 31.1 Å². The van der Waals surface area contributed by atoms with E-state index >= 15 is 0 Å². The second-order valence-electron chi connectivity index (χ2n) is 2.97. The van der Waals surface area contributed by atoms with Gasteiger partial charge in [0.05, 0.1) is 6.04 Å². The van der Waals surface area contributed by atoms with Gasteiger partial charge in [-0.1, -0.05) is 22.5 Å². The van der Waals surface area contributed by atoms with Crippen molar-refractivity contribution in [3.63, 3.8) is 0 Å². The summed E-state index contributed by atoms with van der Waals surface area (Å²) < 4.78 is 0.750. The Morgan fingerprint density at radius 2 is 2.07 bits per heavy atom. The van der Waals surface area contributed by atoms with Crippen molar-refractivity contribution in [2.75, 3.05) is 13.1 Å². The van der Waals surface area contributed by atoms with E-state index in [4.69, 9.17) is 0 Å². The highest BCUT2D eigenvalue weighted by molar-refractivity contribution is 9.11. The number of carbonyl (C=O) groups excluding carboxylic acids is 2. The lowest BCUT2D eigenvalue weighted by Crippen LogP contribution is -2.48. The molecule has 0 rings (SSSR count). The maximum atomic E-state index is 11.4. The number of halogens is 1. The molecular weight excluding hydrogens is 262 g/mol. The minimum absolute atomic E-state index is 0.366. The van der Waals surface area contributed by atoms with Crippen molar-refractivity contribution >= 4 is 27.9 Å². The average Bonchev–Trinajstić information content (AvgIpc) is 2.14. The van der Waals surface area contributed by atoms with Crippen LogP contribution in [0.4, 0.5) is 4.79 Å². The number of rotatable bonds is 5. The smallest absolute Gasteiger partial charge is 0.321 e. The second-order valence-corrected chi connectivity index (χ2v) is 4.09. The number of nitrogens with one attached hydrogen (secondary N) is 3. The summed E-state index contributed by atoms with van der Waals surface area (Å²) in [6.45, 7) is 8.03. The first-order chi connectivity index (χ1) is 6.97. The molecule has 0 radical (unpaired) electrons. The van der Waals surface area contributed by atoms with Crippen LogP contribution in [-0.2, 0) is 4.79 Å². The molecule has 0 aromatic carbocycles. The third-order valence-corrected chi connectivity index (χ3v) is 1.85. The summed E-state index contributed by atoms with van der Waals surface area (Å²) >= 11 is 3.16. The van der Waals surface area contributed by atoms with Crippen LogP contribution in [0, 0.1) is 0 Å². The van der Waals surface area contributed by atoms with Crippen LogP contribution >= 0.6 is 15.9 Å². The molecule has 0 aliphatic rings. The van der Waals surface area contributed by atoms with Crippen molar-refractivity contribution in [1.29, 1.82) is 0 Å². The summed E-state index contributed by atoms with van der Waals surface area (Å²) in [6, 6.07) is -0.921. The molecule has 1 atom stereocenters. The third-order valence-electron chi connectivity index (χ3n) is 1.57. The van der Waals surface area contributed by atoms with E-state index in [1.807, 2.05) is 0 Å². The molecule has 5 nitrogen and oxygen atoms in total. The van der Waals surface area contributed by atoms with E-state index in [9.17, 15) is 9.59 Å². The minimum Gasteiger partial charge on any atom is -0.338 e. The monoisotopic (exact) mass is 277 g/mol. The largest absolute Gasteiger partial charge is 0.338 e. The van der Waals surface area contributed by atoms with Gasteiger partial charge in [0.1, 0.15) is 0 Å². The van der Waals surface area contributed by atoms with Gasteiger partial charge >= 0.3 is 6.03 Å². The van der Waals surface area contributed by atoms with Gasteiger partial charge < -0.3 is 10.6 Å². The Labute approximate surface area is 97.8 Å². The van der Waals surface area contributed by atoms with Crippen molar-refractivity contribution in [3.05, 3.63) is 11.1 Å². The first kappa shape index (κ1) is 14.1. The van der Waals surface area contributed by atoms with Gasteiger partial charge in [0, 0.05) is 17.6 Å². The number of carbonyl (C=O) groups is 2. The molecule has 1 unspecified atom stereocenters. The molecule has 86 valence electrons. The summed E-state index contributed by atoms with van der Waals surface area (Å²) in [5.41, 5.74) is 0. The van der Waals surface area contributed by atoms with E-state index in [1.165, 1.54) is 0 Å². The number of hydrogen-bond acceptors (Lipinski definition) is 3. The normalized spacial score (nSPS) is 11.7. The van der Waals surface area contributed by atoms with Crippen LogP contribution in [0.3, 0.4) is 0 Å². The maximum Gasteiger partial charge on any atom is 0.321 e. The van der Waals surface area contributed by atoms with Crippen LogP contribution in [0.1, 0.15) is 13.8 Å². The summed E-state index contributed by atoms with van der Waals surface area (Å²) in [7, 11) is 0. The lowest BCUT2D eigenvalue weighted by atomic mass is 10.3. The van der Waals surface area contributed by atoms with E-state index in [-0.39, 0.29) is 5.91 Å². The van der Waals surface area contributed by atoms with Crippen LogP contribution in [0.25, 0.3) is 0 Å². The Bertz CT molecular complexity index is 256. The fourth-order valence-electron chi connectivity index (χ4n) is 0.781. The highest BCUT2D eigenvalue weighted by atomic mass is 79.9. The van der Waals surface area contributed by atoms with Gasteiger partial charge in [-0.3, -0.25) is 10.1 Å². The summed E-state index contributed by atoms with van der Waals surface area (Å²) in [5, 5.41) is 7.57. The topological polar surface area (TPSA) is 70.2 Å². The first-order valence-corrected chi connectivity index (χ1v) is 5.42. The van der Waals surface area contributed by atoms with Crippen molar-refractivity contribution < 1.29 is 9.59 Å². The van der Waals surface area contributed by atoms with Crippen LogP contribution < -0.4 is 16.0 Å². The molecule has 0 aliphatic carbocycles. The highest BCUT2D eigenvalue weighted by Gasteiger charge is 2.14. The van der Waals surface area contributed by atoms with Crippen molar-refractivity contribution in [2.24, 2.45) is 0 Å². The number of imide groups is 1. The molecule has 3 N–H and O–H groups in total. The quantitative estimate of drug-likeness (QED) is 0.694. The predicted molar refractivity (Wildman–Crippen MR) is 62.7 cm³/mol. The van der Waals surface area contributed by atoms with Crippen molar-refractivity contribution in [1.82, 2.24) is 16.0 Å². The minimum atomic E-state index is -0.478. The van der Waals surface area contributed by atoms with Crippen LogP contribution in [0.5, 0.6) is 0 Å². The van der Waals surface area contributed by atoms with Crippen molar-refractivity contribution in [2.45, 2.75) is 19.9 Å². The van der Waals surface area contributed by atoms with Crippen LogP contribution in [0.15, 0.2) is 11.1 Å². The molecule has 0 aliphatic heterocycles. The average molecular weight is 278 g/mol. The Balaban J connectivity index is 3.88. The molecule has 0 spiro atoms. The highest BCUT2D eigenvalue weighted by Crippen LogP contribution is 1.97. The number of hydrogen-bond donors (Lipinski definition) is 3. The van der Waals surface area contributed by atoms with Gasteiger partial charge in [-0.2, -0.15) is 0 Å². The molecule has 0 bridgehead atoms. The van der Waals surface area contributed by atoms with E-state index < -0.39 is 12.1 Å². The number of amides is 3. The van der Waals surface area contributed by atoms with Gasteiger partial charge in [0.15, 0.2) is 0 Å². The lowest BCUT2D eigenvalue weighted by Gasteiger charge is -2.12. The standard InChI is InChI=1S/C9H16BrN3O2/c1-4-11-9(15)13-8(14)7(3)12-5-6(2)10/h7,12H,2,4-5H2,1,3H3,(H2,11,13,14,15). The van der Waals surface area contributed by atoms with E-state index in [2.05, 4.69) is 38.5 Å². The fraction of sp³-hybridized carbons (Fsp3) is 0.556. The zero-order valence-corrected chi connectivity index (χ0v) is 10.5. The van der Waals surface area contributed by atoms with Gasteiger partial charge in [-0.25, -0.2) is 4.79 Å². The summed E-state index contributed by atoms with van der Waals surface area (Å²) in [6.07, 6.45) is 0. The molecule has 15 heavy (non-hydrogen) atoms. The van der Waals surface area contributed by atoms with E-state index in [1.54, 1.807) is 13.8 Å². The zero-order chi connectivity index (χ0) is 11.8. The Hall–Kier alpha value is -0.880. The van der Waals surface area contributed by atoms with Gasteiger partial charge in [-0.05, 0) is 13.8 Å². The van der Waals surface area contributed by atoms with Gasteiger partial charge in [-0.15, -0.1) is 0 Å².